The number of para-hydroxylation sites is 2. The summed E-state index contributed by atoms with van der Waals surface area (Å²) < 4.78 is 31.1. The zero-order valence-electron chi connectivity index (χ0n) is 14.5. The van der Waals surface area contributed by atoms with Gasteiger partial charge in [-0.3, -0.25) is 4.79 Å². The lowest BCUT2D eigenvalue weighted by Crippen LogP contribution is -2.43. The average Bonchev–Trinajstić information content (AvgIpc) is 2.99. The fourth-order valence-corrected chi connectivity index (χ4v) is 4.07. The average molecular weight is 354 g/mol. The molecule has 0 atom stereocenters. The first-order valence-corrected chi connectivity index (χ1v) is 10.1. The fourth-order valence-electron chi connectivity index (χ4n) is 2.97. The fraction of sp³-hybridized carbons (Fsp3) is 0.588. The lowest BCUT2D eigenvalue weighted by Gasteiger charge is -2.26. The van der Waals surface area contributed by atoms with Gasteiger partial charge >= 0.3 is 0 Å². The first kappa shape index (κ1) is 18.7. The third kappa shape index (κ3) is 5.21. The van der Waals surface area contributed by atoms with Crippen LogP contribution < -0.4 is 10.1 Å². The van der Waals surface area contributed by atoms with Gasteiger partial charge in [0.15, 0.2) is 0 Å². The van der Waals surface area contributed by atoms with Gasteiger partial charge in [0.05, 0.1) is 24.6 Å². The Morgan fingerprint density at radius 2 is 1.92 bits per heavy atom. The number of carbonyl (C=O) groups excluding carboxylic acids is 1. The number of benzene rings is 1. The molecule has 1 aliphatic carbocycles. The maximum atomic E-state index is 12.4. The number of nitrogens with one attached hydrogen (secondary N) is 1. The van der Waals surface area contributed by atoms with E-state index < -0.39 is 10.0 Å². The van der Waals surface area contributed by atoms with Gasteiger partial charge in [0, 0.05) is 6.04 Å². The van der Waals surface area contributed by atoms with E-state index in [9.17, 15) is 13.2 Å². The summed E-state index contributed by atoms with van der Waals surface area (Å²) in [5, 5.41) is 2.77. The molecule has 24 heavy (non-hydrogen) atoms. The number of hydrogen-bond donors (Lipinski definition) is 1. The van der Waals surface area contributed by atoms with E-state index in [1.54, 1.807) is 18.2 Å². The maximum absolute atomic E-state index is 12.4. The number of anilines is 1. The van der Waals surface area contributed by atoms with Crippen molar-refractivity contribution in [1.29, 1.82) is 0 Å². The van der Waals surface area contributed by atoms with E-state index in [1.165, 1.54) is 4.31 Å². The van der Waals surface area contributed by atoms with Gasteiger partial charge in [-0.05, 0) is 38.8 Å². The lowest BCUT2D eigenvalue weighted by atomic mass is 10.2. The number of ether oxygens (including phenoxy) is 1. The van der Waals surface area contributed by atoms with Crippen LogP contribution in [0.4, 0.5) is 5.69 Å². The van der Waals surface area contributed by atoms with Crippen molar-refractivity contribution in [2.75, 3.05) is 18.1 Å². The summed E-state index contributed by atoms with van der Waals surface area (Å²) in [5.41, 5.74) is 0.552. The smallest absolute Gasteiger partial charge is 0.239 e. The van der Waals surface area contributed by atoms with Gasteiger partial charge < -0.3 is 10.1 Å². The molecule has 0 saturated heterocycles. The van der Waals surface area contributed by atoms with Crippen LogP contribution in [0.15, 0.2) is 24.3 Å². The number of rotatable bonds is 7. The van der Waals surface area contributed by atoms with E-state index in [1.807, 2.05) is 19.9 Å². The highest BCUT2D eigenvalue weighted by atomic mass is 32.2. The molecule has 0 bridgehead atoms. The van der Waals surface area contributed by atoms with Crippen molar-refractivity contribution in [1.82, 2.24) is 4.31 Å². The van der Waals surface area contributed by atoms with Gasteiger partial charge in [0.1, 0.15) is 5.75 Å². The Labute approximate surface area is 144 Å². The second kappa shape index (κ2) is 7.98. The Bertz CT molecular complexity index is 667. The van der Waals surface area contributed by atoms with Crippen LogP contribution in [-0.4, -0.2) is 43.6 Å². The highest BCUT2D eigenvalue weighted by Gasteiger charge is 2.31. The topological polar surface area (TPSA) is 75.7 Å². The number of carbonyl (C=O) groups is 1. The van der Waals surface area contributed by atoms with Gasteiger partial charge in [-0.1, -0.05) is 25.0 Å². The van der Waals surface area contributed by atoms with Crippen LogP contribution in [0.2, 0.25) is 0 Å². The summed E-state index contributed by atoms with van der Waals surface area (Å²) >= 11 is 0. The minimum absolute atomic E-state index is 0.0194. The van der Waals surface area contributed by atoms with Crippen LogP contribution in [0, 0.1) is 0 Å². The molecule has 0 unspecified atom stereocenters. The van der Waals surface area contributed by atoms with E-state index in [2.05, 4.69) is 5.32 Å². The van der Waals surface area contributed by atoms with Crippen LogP contribution in [0.3, 0.4) is 0 Å². The number of hydrogen-bond acceptors (Lipinski definition) is 4. The SMILES string of the molecule is CC(C)Oc1ccccc1NC(=O)CN(C1CCCC1)S(C)(=O)=O. The van der Waals surface area contributed by atoms with Gasteiger partial charge in [-0.2, -0.15) is 4.31 Å². The number of amides is 1. The van der Waals surface area contributed by atoms with Gasteiger partial charge in [0.2, 0.25) is 15.9 Å². The van der Waals surface area contributed by atoms with Crippen molar-refractivity contribution >= 4 is 21.6 Å². The van der Waals surface area contributed by atoms with Gasteiger partial charge in [-0.25, -0.2) is 8.42 Å². The number of sulfonamides is 1. The van der Waals surface area contributed by atoms with E-state index in [-0.39, 0.29) is 24.6 Å². The monoisotopic (exact) mass is 354 g/mol. The molecule has 6 nitrogen and oxygen atoms in total. The molecular formula is C17H26N2O4S. The zero-order valence-corrected chi connectivity index (χ0v) is 15.3. The predicted octanol–water partition coefficient (Wildman–Crippen LogP) is 2.62. The number of nitrogens with zero attached hydrogens (tertiary/aromatic N) is 1. The molecule has 0 spiro atoms. The third-order valence-corrected chi connectivity index (χ3v) is 5.26. The summed E-state index contributed by atoms with van der Waals surface area (Å²) in [7, 11) is -3.42. The molecule has 0 aliphatic heterocycles. The maximum Gasteiger partial charge on any atom is 0.239 e. The minimum Gasteiger partial charge on any atom is -0.489 e. The molecule has 134 valence electrons. The van der Waals surface area contributed by atoms with Gasteiger partial charge in [-0.15, -0.1) is 0 Å². The lowest BCUT2D eigenvalue weighted by molar-refractivity contribution is -0.116. The largest absolute Gasteiger partial charge is 0.489 e. The Hall–Kier alpha value is -1.60. The molecule has 0 radical (unpaired) electrons. The highest BCUT2D eigenvalue weighted by Crippen LogP contribution is 2.27. The summed E-state index contributed by atoms with van der Waals surface area (Å²) in [6.07, 6.45) is 4.77. The van der Waals surface area contributed by atoms with Crippen LogP contribution in [0.1, 0.15) is 39.5 Å². The van der Waals surface area contributed by atoms with Crippen LogP contribution in [0.5, 0.6) is 5.75 Å². The molecule has 1 aromatic rings. The van der Waals surface area contributed by atoms with E-state index in [4.69, 9.17) is 4.74 Å². The molecule has 1 fully saturated rings. The van der Waals surface area contributed by atoms with Gasteiger partial charge in [0.25, 0.3) is 0 Å². The summed E-state index contributed by atoms with van der Waals surface area (Å²) in [6.45, 7) is 3.65. The molecule has 1 amide bonds. The minimum atomic E-state index is -3.42. The van der Waals surface area contributed by atoms with Crippen molar-refractivity contribution in [3.8, 4) is 5.75 Å². The van der Waals surface area contributed by atoms with Crippen molar-refractivity contribution in [2.24, 2.45) is 0 Å². The second-order valence-corrected chi connectivity index (χ2v) is 8.39. The quantitative estimate of drug-likeness (QED) is 0.817. The van der Waals surface area contributed by atoms with E-state index in [0.29, 0.717) is 11.4 Å². The first-order chi connectivity index (χ1) is 11.3. The molecule has 1 N–H and O–H groups in total. The van der Waals surface area contributed by atoms with Crippen LogP contribution in [-0.2, 0) is 14.8 Å². The summed E-state index contributed by atoms with van der Waals surface area (Å²) in [5.74, 6) is 0.222. The Kier molecular flexibility index (Phi) is 6.23. The standard InChI is InChI=1S/C17H26N2O4S/c1-13(2)23-16-11-7-6-10-15(16)18-17(20)12-19(24(3,21)22)14-8-4-5-9-14/h6-7,10-11,13-14H,4-5,8-9,12H2,1-3H3,(H,18,20). The molecule has 2 rings (SSSR count). The van der Waals surface area contributed by atoms with Crippen molar-refractivity contribution in [2.45, 2.75) is 51.7 Å². The first-order valence-electron chi connectivity index (χ1n) is 8.29. The molecule has 1 saturated carbocycles. The zero-order chi connectivity index (χ0) is 17.7. The van der Waals surface area contributed by atoms with E-state index in [0.717, 1.165) is 31.9 Å². The third-order valence-electron chi connectivity index (χ3n) is 3.98. The Morgan fingerprint density at radius 3 is 2.50 bits per heavy atom. The van der Waals surface area contributed by atoms with Crippen molar-refractivity contribution in [3.63, 3.8) is 0 Å². The molecule has 1 aromatic carbocycles. The van der Waals surface area contributed by atoms with Crippen LogP contribution >= 0.6 is 0 Å². The second-order valence-electron chi connectivity index (χ2n) is 6.46. The van der Waals surface area contributed by atoms with Crippen LogP contribution in [0.25, 0.3) is 0 Å². The Morgan fingerprint density at radius 1 is 1.29 bits per heavy atom. The van der Waals surface area contributed by atoms with Crippen molar-refractivity contribution < 1.29 is 17.9 Å². The molecular weight excluding hydrogens is 328 g/mol. The molecule has 7 heteroatoms. The molecule has 0 heterocycles. The summed E-state index contributed by atoms with van der Waals surface area (Å²) in [6, 6.07) is 7.08. The van der Waals surface area contributed by atoms with E-state index >= 15 is 0 Å². The Balaban J connectivity index is 2.09. The normalized spacial score (nSPS) is 15.9. The van der Waals surface area contributed by atoms with Crippen molar-refractivity contribution in [3.05, 3.63) is 24.3 Å². The predicted molar refractivity (Wildman–Crippen MR) is 94.6 cm³/mol. The highest BCUT2D eigenvalue weighted by molar-refractivity contribution is 7.88. The molecule has 1 aliphatic rings. The molecule has 0 aromatic heterocycles. The summed E-state index contributed by atoms with van der Waals surface area (Å²) in [4.78, 5) is 12.4.